The van der Waals surface area contributed by atoms with Gasteiger partial charge in [0.2, 0.25) is 15.9 Å². The van der Waals surface area contributed by atoms with Crippen molar-refractivity contribution in [3.63, 3.8) is 0 Å². The van der Waals surface area contributed by atoms with E-state index in [-0.39, 0.29) is 23.9 Å². The Kier molecular flexibility index (Phi) is 5.80. The van der Waals surface area contributed by atoms with Crippen LogP contribution in [-0.4, -0.2) is 43.5 Å². The predicted octanol–water partition coefficient (Wildman–Crippen LogP) is 3.34. The van der Waals surface area contributed by atoms with Gasteiger partial charge in [0.1, 0.15) is 11.9 Å². The molecule has 0 bridgehead atoms. The van der Waals surface area contributed by atoms with Crippen LogP contribution in [0.15, 0.2) is 47.5 Å². The van der Waals surface area contributed by atoms with Gasteiger partial charge in [0.25, 0.3) is 0 Å². The molecule has 0 aliphatic carbocycles. The van der Waals surface area contributed by atoms with E-state index in [0.717, 1.165) is 18.3 Å². The summed E-state index contributed by atoms with van der Waals surface area (Å²) in [5.41, 5.74) is -0.866. The van der Waals surface area contributed by atoms with Crippen molar-refractivity contribution in [2.75, 3.05) is 19.7 Å². The van der Waals surface area contributed by atoms with E-state index >= 15 is 0 Å². The first-order chi connectivity index (χ1) is 13.2. The molecule has 0 N–H and O–H groups in total. The van der Waals surface area contributed by atoms with Crippen molar-refractivity contribution in [3.8, 4) is 11.6 Å². The zero-order valence-electron chi connectivity index (χ0n) is 15.0. The van der Waals surface area contributed by atoms with Crippen molar-refractivity contribution in [2.45, 2.75) is 30.5 Å². The number of halogens is 3. The van der Waals surface area contributed by atoms with Crippen molar-refractivity contribution in [1.82, 2.24) is 9.29 Å². The Labute approximate surface area is 161 Å². The number of nitrogens with zero attached hydrogens (tertiary/aromatic N) is 2. The van der Waals surface area contributed by atoms with E-state index in [2.05, 4.69) is 4.98 Å². The van der Waals surface area contributed by atoms with Gasteiger partial charge in [-0.2, -0.15) is 17.5 Å². The van der Waals surface area contributed by atoms with Crippen LogP contribution in [0.1, 0.15) is 18.9 Å². The van der Waals surface area contributed by atoms with Crippen LogP contribution in [0.3, 0.4) is 0 Å². The van der Waals surface area contributed by atoms with Crippen LogP contribution in [0.4, 0.5) is 13.2 Å². The fraction of sp³-hybridized carbons (Fsp3) is 0.389. The molecule has 1 saturated heterocycles. The molecule has 152 valence electrons. The number of benzene rings is 1. The Morgan fingerprint density at radius 3 is 2.57 bits per heavy atom. The average Bonchev–Trinajstić information content (AvgIpc) is 3.11. The van der Waals surface area contributed by atoms with Gasteiger partial charge in [-0.1, -0.05) is 0 Å². The molecule has 2 heterocycles. The van der Waals surface area contributed by atoms with Crippen LogP contribution in [0.25, 0.3) is 0 Å². The van der Waals surface area contributed by atoms with Crippen molar-refractivity contribution < 1.29 is 31.1 Å². The lowest BCUT2D eigenvalue weighted by Gasteiger charge is -2.17. The van der Waals surface area contributed by atoms with Crippen LogP contribution in [0, 0.1) is 0 Å². The molecular formula is C18H19F3N2O4S. The Balaban J connectivity index is 1.67. The molecule has 0 amide bonds. The van der Waals surface area contributed by atoms with Gasteiger partial charge in [-0.05, 0) is 43.7 Å². The highest BCUT2D eigenvalue weighted by Crippen LogP contribution is 2.31. The van der Waals surface area contributed by atoms with Crippen LogP contribution in [0.5, 0.6) is 11.6 Å². The zero-order valence-corrected chi connectivity index (χ0v) is 15.8. The number of alkyl halides is 3. The third-order valence-electron chi connectivity index (χ3n) is 4.23. The van der Waals surface area contributed by atoms with E-state index in [0.29, 0.717) is 18.8 Å². The fourth-order valence-electron chi connectivity index (χ4n) is 2.86. The summed E-state index contributed by atoms with van der Waals surface area (Å²) in [7, 11) is -3.73. The zero-order chi connectivity index (χ0) is 20.4. The van der Waals surface area contributed by atoms with Gasteiger partial charge >= 0.3 is 6.18 Å². The van der Waals surface area contributed by atoms with E-state index in [1.165, 1.54) is 16.4 Å². The third-order valence-corrected chi connectivity index (χ3v) is 6.11. The third kappa shape index (κ3) is 4.56. The van der Waals surface area contributed by atoms with Crippen molar-refractivity contribution in [2.24, 2.45) is 0 Å². The molecule has 6 nitrogen and oxygen atoms in total. The summed E-state index contributed by atoms with van der Waals surface area (Å²) in [5.74, 6) is 0.389. The number of sulfonamides is 1. The van der Waals surface area contributed by atoms with Gasteiger partial charge in [-0.15, -0.1) is 0 Å². The molecule has 28 heavy (non-hydrogen) atoms. The van der Waals surface area contributed by atoms with E-state index in [9.17, 15) is 21.6 Å². The van der Waals surface area contributed by atoms with Crippen LogP contribution >= 0.6 is 0 Å². The van der Waals surface area contributed by atoms with Crippen molar-refractivity contribution in [3.05, 3.63) is 48.2 Å². The molecule has 0 spiro atoms. The monoisotopic (exact) mass is 416 g/mol. The minimum Gasteiger partial charge on any atom is -0.494 e. The fourth-order valence-corrected chi connectivity index (χ4v) is 4.34. The summed E-state index contributed by atoms with van der Waals surface area (Å²) in [4.78, 5) is 3.90. The first-order valence-electron chi connectivity index (χ1n) is 8.63. The van der Waals surface area contributed by atoms with Crippen LogP contribution in [-0.2, 0) is 16.2 Å². The summed E-state index contributed by atoms with van der Waals surface area (Å²) < 4.78 is 75.9. The predicted molar refractivity (Wildman–Crippen MR) is 94.6 cm³/mol. The molecule has 1 fully saturated rings. The van der Waals surface area contributed by atoms with Crippen LogP contribution in [0.2, 0.25) is 0 Å². The maximum absolute atomic E-state index is 12.8. The van der Waals surface area contributed by atoms with Crippen molar-refractivity contribution in [1.29, 1.82) is 0 Å². The molecule has 1 aromatic carbocycles. The maximum Gasteiger partial charge on any atom is 0.416 e. The number of ether oxygens (including phenoxy) is 2. The molecule has 1 atom stereocenters. The Morgan fingerprint density at radius 1 is 1.21 bits per heavy atom. The lowest BCUT2D eigenvalue weighted by atomic mass is 10.2. The summed E-state index contributed by atoms with van der Waals surface area (Å²) in [6, 6.07) is 7.74. The minimum absolute atomic E-state index is 0.0352. The van der Waals surface area contributed by atoms with Gasteiger partial charge in [-0.3, -0.25) is 0 Å². The lowest BCUT2D eigenvalue weighted by Crippen LogP contribution is -2.31. The number of rotatable bonds is 6. The summed E-state index contributed by atoms with van der Waals surface area (Å²) in [5, 5.41) is 0. The SMILES string of the molecule is CCOc1ccc(S(=O)(=O)N2CCC(Oc3cc(C(F)(F)F)ccn3)C2)cc1. The average molecular weight is 416 g/mol. The topological polar surface area (TPSA) is 68.7 Å². The quantitative estimate of drug-likeness (QED) is 0.723. The molecule has 2 aromatic rings. The number of hydrogen-bond donors (Lipinski definition) is 0. The van der Waals surface area contributed by atoms with Gasteiger partial charge in [-0.25, -0.2) is 13.4 Å². The van der Waals surface area contributed by atoms with Gasteiger partial charge in [0.15, 0.2) is 0 Å². The van der Waals surface area contributed by atoms with Gasteiger partial charge in [0.05, 0.1) is 23.6 Å². The summed E-state index contributed by atoms with van der Waals surface area (Å²) in [6.07, 6.45) is -3.70. The smallest absolute Gasteiger partial charge is 0.416 e. The normalized spacial score (nSPS) is 18.2. The highest BCUT2D eigenvalue weighted by Gasteiger charge is 2.35. The van der Waals surface area contributed by atoms with Gasteiger partial charge < -0.3 is 9.47 Å². The Hall–Kier alpha value is -2.33. The number of pyridine rings is 1. The molecule has 1 aliphatic rings. The van der Waals surface area contributed by atoms with Crippen LogP contribution < -0.4 is 9.47 Å². The molecule has 1 aromatic heterocycles. The van der Waals surface area contributed by atoms with Gasteiger partial charge in [0, 0.05) is 18.8 Å². The number of aromatic nitrogens is 1. The second-order valence-corrected chi connectivity index (χ2v) is 8.11. The first kappa shape index (κ1) is 20.4. The summed E-state index contributed by atoms with van der Waals surface area (Å²) >= 11 is 0. The minimum atomic E-state index is -4.50. The highest BCUT2D eigenvalue weighted by atomic mass is 32.2. The van der Waals surface area contributed by atoms with E-state index in [1.54, 1.807) is 12.1 Å². The molecular weight excluding hydrogens is 397 g/mol. The van der Waals surface area contributed by atoms with E-state index in [1.807, 2.05) is 6.92 Å². The molecule has 0 saturated carbocycles. The van der Waals surface area contributed by atoms with E-state index in [4.69, 9.17) is 9.47 Å². The molecule has 3 rings (SSSR count). The maximum atomic E-state index is 12.8. The Morgan fingerprint density at radius 2 is 1.93 bits per heavy atom. The highest BCUT2D eigenvalue weighted by molar-refractivity contribution is 7.89. The second kappa shape index (κ2) is 7.96. The van der Waals surface area contributed by atoms with Crippen molar-refractivity contribution >= 4 is 10.0 Å². The largest absolute Gasteiger partial charge is 0.494 e. The summed E-state index contributed by atoms with van der Waals surface area (Å²) in [6.45, 7) is 2.54. The lowest BCUT2D eigenvalue weighted by molar-refractivity contribution is -0.137. The molecule has 0 radical (unpaired) electrons. The Bertz CT molecular complexity index is 917. The molecule has 10 heteroatoms. The standard InChI is InChI=1S/C18H19F3N2O4S/c1-2-26-14-3-5-16(6-4-14)28(24,25)23-10-8-15(12-23)27-17-11-13(7-9-22-17)18(19,20)21/h3-7,9,11,15H,2,8,10,12H2,1H3. The molecule has 1 aliphatic heterocycles. The second-order valence-electron chi connectivity index (χ2n) is 6.18. The number of hydrogen-bond acceptors (Lipinski definition) is 5. The molecule has 1 unspecified atom stereocenters. The first-order valence-corrected chi connectivity index (χ1v) is 10.1. The van der Waals surface area contributed by atoms with E-state index < -0.39 is 27.9 Å².